The molecule has 7 rings (SSSR count). The van der Waals surface area contributed by atoms with Gasteiger partial charge in [-0.2, -0.15) is 0 Å². The van der Waals surface area contributed by atoms with Crippen molar-refractivity contribution in [3.05, 3.63) is 98.6 Å². The van der Waals surface area contributed by atoms with Crippen LogP contribution in [0.1, 0.15) is 156 Å². The zero-order chi connectivity index (χ0) is 55.7. The Hall–Kier alpha value is -6.56. The highest BCUT2D eigenvalue weighted by atomic mass is 16.5. The standard InChI is InChI=1S/C68H92O12/c1-5-69-45-49-73-37-21-13-9-17-25-41-77-65-55-33-29-53-31-35-57-63-59(53)61(55)62-56(66(65)78-42-26-18-10-14-22-38-74-50-46-70-6-2)34-30-54-32-36-58(64(63)60(54)62)68(80-44-28-20-12-16-24-40-76-52-48-72-8-4)67(57)79-43-27-19-11-15-23-39-75-51-47-71-7-3/h29-36,45-52H,5-28,37-44H2,1-4H3. The van der Waals surface area contributed by atoms with Gasteiger partial charge in [-0.25, -0.2) is 0 Å². The number of hydrogen-bond donors (Lipinski definition) is 0. The van der Waals surface area contributed by atoms with E-state index in [2.05, 4.69) is 48.5 Å². The lowest BCUT2D eigenvalue weighted by molar-refractivity contribution is 0.206. The minimum atomic E-state index is 0.600. The Labute approximate surface area is 476 Å². The first-order valence-electron chi connectivity index (χ1n) is 30.5. The molecule has 0 aromatic heterocycles. The molecule has 80 heavy (non-hydrogen) atoms. The highest BCUT2D eigenvalue weighted by molar-refractivity contribution is 6.46. The number of hydrogen-bond acceptors (Lipinski definition) is 12. The van der Waals surface area contributed by atoms with Gasteiger partial charge in [0.05, 0.1) is 79.3 Å². The van der Waals surface area contributed by atoms with E-state index in [1.807, 2.05) is 27.7 Å². The lowest BCUT2D eigenvalue weighted by atomic mass is 9.82. The van der Waals surface area contributed by atoms with Gasteiger partial charge in [0, 0.05) is 43.1 Å². The van der Waals surface area contributed by atoms with E-state index >= 15 is 0 Å². The molecule has 7 aromatic carbocycles. The molecule has 0 radical (unpaired) electrons. The molecule has 12 heteroatoms. The molecule has 0 saturated carbocycles. The fraction of sp³-hybridized carbons (Fsp3) is 0.529. The van der Waals surface area contributed by atoms with E-state index in [9.17, 15) is 0 Å². The highest BCUT2D eigenvalue weighted by Crippen LogP contribution is 2.57. The van der Waals surface area contributed by atoms with Crippen molar-refractivity contribution >= 4 is 64.6 Å². The predicted octanol–water partition coefficient (Wildman–Crippen LogP) is 18.3. The van der Waals surface area contributed by atoms with Crippen molar-refractivity contribution in [2.75, 3.05) is 79.3 Å². The third-order valence-corrected chi connectivity index (χ3v) is 14.5. The third kappa shape index (κ3) is 17.7. The van der Waals surface area contributed by atoms with Crippen LogP contribution in [0.2, 0.25) is 0 Å². The third-order valence-electron chi connectivity index (χ3n) is 14.5. The summed E-state index contributed by atoms with van der Waals surface area (Å²) in [6.45, 7) is 15.6. The molecule has 0 unspecified atom stereocenters. The van der Waals surface area contributed by atoms with E-state index in [1.165, 1.54) is 43.1 Å². The zero-order valence-electron chi connectivity index (χ0n) is 48.8. The minimum absolute atomic E-state index is 0.600. The quantitative estimate of drug-likeness (QED) is 0.0157. The second-order valence-corrected chi connectivity index (χ2v) is 20.3. The van der Waals surface area contributed by atoms with E-state index in [1.54, 1.807) is 50.1 Å². The van der Waals surface area contributed by atoms with Crippen LogP contribution in [0.5, 0.6) is 23.0 Å². The molecule has 0 aliphatic rings. The van der Waals surface area contributed by atoms with Crippen LogP contribution in [0.3, 0.4) is 0 Å². The van der Waals surface area contributed by atoms with Gasteiger partial charge in [0.25, 0.3) is 0 Å². The molecule has 0 heterocycles. The average molecular weight is 1100 g/mol. The Morgan fingerprint density at radius 2 is 0.425 bits per heavy atom. The number of rotatable bonds is 48. The predicted molar refractivity (Wildman–Crippen MR) is 326 cm³/mol. The summed E-state index contributed by atoms with van der Waals surface area (Å²) < 4.78 is 71.5. The second-order valence-electron chi connectivity index (χ2n) is 20.3. The van der Waals surface area contributed by atoms with E-state index < -0.39 is 0 Å². The van der Waals surface area contributed by atoms with Gasteiger partial charge in [-0.15, -0.1) is 0 Å². The summed E-state index contributed by atoms with van der Waals surface area (Å²) >= 11 is 0. The van der Waals surface area contributed by atoms with Crippen molar-refractivity contribution in [1.82, 2.24) is 0 Å². The Morgan fingerprint density at radius 1 is 0.225 bits per heavy atom. The molecule has 436 valence electrons. The van der Waals surface area contributed by atoms with Crippen LogP contribution in [-0.4, -0.2) is 79.3 Å². The first-order valence-corrected chi connectivity index (χ1v) is 30.5. The summed E-state index contributed by atoms with van der Waals surface area (Å²) in [7, 11) is 0. The SMILES string of the molecule is CCOC=COCCCCCCCOc1c(OCCCCCCCOC=COCC)c2ccc3ccc4c(OCCCCCCCOC=COCC)c(OCCCCCCCOC=COCC)c5ccc6ccc1c1c6c5c4c3c21. The van der Waals surface area contributed by atoms with Gasteiger partial charge in [-0.1, -0.05) is 101 Å². The summed E-state index contributed by atoms with van der Waals surface area (Å²) in [6, 6.07) is 18.2. The van der Waals surface area contributed by atoms with Crippen molar-refractivity contribution in [3.63, 3.8) is 0 Å². The largest absolute Gasteiger partial charge is 0.498 e. The van der Waals surface area contributed by atoms with Crippen LogP contribution in [0.4, 0.5) is 0 Å². The summed E-state index contributed by atoms with van der Waals surface area (Å²) in [5.74, 6) is 3.35. The molecule has 0 aliphatic carbocycles. The second kappa shape index (κ2) is 35.9. The summed E-state index contributed by atoms with van der Waals surface area (Å²) in [5.41, 5.74) is 0. The Morgan fingerprint density at radius 3 is 0.650 bits per heavy atom. The Bertz CT molecular complexity index is 2510. The molecular weight excluding hydrogens is 1010 g/mol. The number of ether oxygens (including phenoxy) is 12. The Kier molecular flexibility index (Phi) is 27.4. The molecule has 0 N–H and O–H groups in total. The van der Waals surface area contributed by atoms with E-state index in [-0.39, 0.29) is 0 Å². The summed E-state index contributed by atoms with van der Waals surface area (Å²) in [5, 5.41) is 14.1. The van der Waals surface area contributed by atoms with Crippen molar-refractivity contribution in [2.45, 2.75) is 156 Å². The fourth-order valence-corrected chi connectivity index (χ4v) is 10.6. The molecule has 0 amide bonds. The topological polar surface area (TPSA) is 111 Å². The van der Waals surface area contributed by atoms with Gasteiger partial charge in [0.1, 0.15) is 50.1 Å². The molecule has 0 atom stereocenters. The smallest absolute Gasteiger partial charge is 0.169 e. The van der Waals surface area contributed by atoms with Gasteiger partial charge in [0.2, 0.25) is 0 Å². The first kappa shape index (κ1) is 61.1. The number of unbranched alkanes of at least 4 members (excludes halogenated alkanes) is 16. The molecule has 0 saturated heterocycles. The Balaban J connectivity index is 1.16. The monoisotopic (exact) mass is 1100 g/mol. The molecule has 12 nitrogen and oxygen atoms in total. The van der Waals surface area contributed by atoms with Crippen molar-refractivity contribution in [1.29, 1.82) is 0 Å². The molecule has 0 aliphatic heterocycles. The molecule has 0 spiro atoms. The summed E-state index contributed by atoms with van der Waals surface area (Å²) in [4.78, 5) is 0. The van der Waals surface area contributed by atoms with Crippen molar-refractivity contribution in [2.24, 2.45) is 0 Å². The van der Waals surface area contributed by atoms with E-state index in [0.29, 0.717) is 79.3 Å². The summed E-state index contributed by atoms with van der Waals surface area (Å²) in [6.07, 6.45) is 34.0. The van der Waals surface area contributed by atoms with Crippen LogP contribution in [0, 0.1) is 0 Å². The normalized spacial score (nSPS) is 12.2. The maximum Gasteiger partial charge on any atom is 0.169 e. The van der Waals surface area contributed by atoms with Crippen molar-refractivity contribution in [3.8, 4) is 23.0 Å². The first-order chi connectivity index (χ1) is 39.7. The van der Waals surface area contributed by atoms with Crippen LogP contribution in [0.25, 0.3) is 64.6 Å². The zero-order valence-corrected chi connectivity index (χ0v) is 48.8. The van der Waals surface area contributed by atoms with Gasteiger partial charge in [-0.05, 0) is 125 Å². The minimum Gasteiger partial charge on any atom is -0.498 e. The van der Waals surface area contributed by atoms with Gasteiger partial charge in [0.15, 0.2) is 23.0 Å². The van der Waals surface area contributed by atoms with Gasteiger partial charge in [-0.3, -0.25) is 0 Å². The maximum absolute atomic E-state index is 7.03. The van der Waals surface area contributed by atoms with E-state index in [0.717, 1.165) is 173 Å². The van der Waals surface area contributed by atoms with Gasteiger partial charge >= 0.3 is 0 Å². The van der Waals surface area contributed by atoms with Crippen LogP contribution in [0.15, 0.2) is 98.6 Å². The van der Waals surface area contributed by atoms with Crippen molar-refractivity contribution < 1.29 is 56.8 Å². The van der Waals surface area contributed by atoms with Crippen LogP contribution < -0.4 is 18.9 Å². The van der Waals surface area contributed by atoms with E-state index in [4.69, 9.17) is 56.8 Å². The highest BCUT2D eigenvalue weighted by Gasteiger charge is 2.29. The maximum atomic E-state index is 7.03. The molecule has 0 bridgehead atoms. The number of benzene rings is 7. The fourth-order valence-electron chi connectivity index (χ4n) is 10.6. The molecule has 7 aromatic rings. The molecular formula is C68H92O12. The lowest BCUT2D eigenvalue weighted by Gasteiger charge is -2.26. The van der Waals surface area contributed by atoms with Crippen LogP contribution >= 0.6 is 0 Å². The molecule has 0 fully saturated rings. The lowest BCUT2D eigenvalue weighted by Crippen LogP contribution is -2.07. The average Bonchev–Trinajstić information content (AvgIpc) is 3.53. The van der Waals surface area contributed by atoms with Crippen LogP contribution in [-0.2, 0) is 37.9 Å². The van der Waals surface area contributed by atoms with Gasteiger partial charge < -0.3 is 56.8 Å².